The molecule has 17 heavy (non-hydrogen) atoms. The number of hydrogen-bond donors (Lipinski definition) is 1. The van der Waals surface area contributed by atoms with Crippen molar-refractivity contribution in [2.75, 3.05) is 0 Å². The highest BCUT2D eigenvalue weighted by Gasteiger charge is 2.15. The molecule has 1 atom stereocenters. The highest BCUT2D eigenvalue weighted by molar-refractivity contribution is 6.42. The van der Waals surface area contributed by atoms with Crippen LogP contribution in [0.4, 0.5) is 0 Å². The zero-order valence-electron chi connectivity index (χ0n) is 9.27. The number of aromatic nitrogens is 2. The number of nitrogens with zero attached hydrogens (tertiary/aromatic N) is 2. The normalized spacial score (nSPS) is 12.7. The average Bonchev–Trinajstić information content (AvgIpc) is 2.71. The molecule has 0 radical (unpaired) electrons. The minimum atomic E-state index is -0.689. The van der Waals surface area contributed by atoms with E-state index >= 15 is 0 Å². The van der Waals surface area contributed by atoms with Gasteiger partial charge in [-0.15, -0.1) is 0 Å². The molecule has 0 bridgehead atoms. The molecule has 0 amide bonds. The lowest BCUT2D eigenvalue weighted by Crippen LogP contribution is -2.08. The Kier molecular flexibility index (Phi) is 3.72. The number of imidazole rings is 1. The Morgan fingerprint density at radius 1 is 1.41 bits per heavy atom. The Labute approximate surface area is 110 Å². The lowest BCUT2D eigenvalue weighted by atomic mass is 10.1. The van der Waals surface area contributed by atoms with Crippen molar-refractivity contribution in [1.82, 2.24) is 9.55 Å². The average molecular weight is 271 g/mol. The molecular weight excluding hydrogens is 259 g/mol. The van der Waals surface area contributed by atoms with Crippen LogP contribution in [-0.4, -0.2) is 14.7 Å². The standard InChI is InChI=1S/C12H12Cl2N2O/c1-16-6-5-15-12(16)10(17)7-8-3-2-4-9(13)11(8)14/h2-6,10,17H,7H2,1H3. The summed E-state index contributed by atoms with van der Waals surface area (Å²) >= 11 is 12.0. The highest BCUT2D eigenvalue weighted by Crippen LogP contribution is 2.28. The molecular formula is C12H12Cl2N2O. The Bertz CT molecular complexity index is 525. The van der Waals surface area contributed by atoms with Crippen molar-refractivity contribution in [3.05, 3.63) is 52.0 Å². The number of aliphatic hydroxyl groups is 1. The number of benzene rings is 1. The summed E-state index contributed by atoms with van der Waals surface area (Å²) in [5.74, 6) is 0.612. The molecule has 0 saturated heterocycles. The smallest absolute Gasteiger partial charge is 0.137 e. The molecule has 0 aliphatic carbocycles. The molecule has 1 aromatic heterocycles. The van der Waals surface area contributed by atoms with E-state index in [0.717, 1.165) is 5.56 Å². The molecule has 1 N–H and O–H groups in total. The molecule has 0 aliphatic rings. The summed E-state index contributed by atoms with van der Waals surface area (Å²) in [6.45, 7) is 0. The maximum absolute atomic E-state index is 10.1. The second-order valence-electron chi connectivity index (χ2n) is 3.83. The fourth-order valence-electron chi connectivity index (χ4n) is 1.70. The van der Waals surface area contributed by atoms with Gasteiger partial charge in [-0.05, 0) is 11.6 Å². The van der Waals surface area contributed by atoms with Gasteiger partial charge in [0.1, 0.15) is 11.9 Å². The van der Waals surface area contributed by atoms with Crippen LogP contribution in [0.15, 0.2) is 30.6 Å². The monoisotopic (exact) mass is 270 g/mol. The third-order valence-electron chi connectivity index (χ3n) is 2.60. The van der Waals surface area contributed by atoms with Gasteiger partial charge in [0.2, 0.25) is 0 Å². The van der Waals surface area contributed by atoms with E-state index in [9.17, 15) is 5.11 Å². The first-order chi connectivity index (χ1) is 8.09. The maximum Gasteiger partial charge on any atom is 0.137 e. The third-order valence-corrected chi connectivity index (χ3v) is 3.46. The SMILES string of the molecule is Cn1ccnc1C(O)Cc1cccc(Cl)c1Cl. The molecule has 0 fully saturated rings. The molecule has 90 valence electrons. The van der Waals surface area contributed by atoms with Gasteiger partial charge >= 0.3 is 0 Å². The van der Waals surface area contributed by atoms with E-state index in [1.54, 1.807) is 23.0 Å². The van der Waals surface area contributed by atoms with Gasteiger partial charge in [0.05, 0.1) is 10.0 Å². The number of rotatable bonds is 3. The predicted octanol–water partition coefficient (Wildman–Crippen LogP) is 3.00. The van der Waals surface area contributed by atoms with Gasteiger partial charge in [-0.1, -0.05) is 35.3 Å². The van der Waals surface area contributed by atoms with E-state index < -0.39 is 6.10 Å². The van der Waals surface area contributed by atoms with E-state index in [1.807, 2.05) is 19.2 Å². The van der Waals surface area contributed by atoms with Crippen molar-refractivity contribution < 1.29 is 5.11 Å². The predicted molar refractivity (Wildman–Crippen MR) is 68.3 cm³/mol. The minimum absolute atomic E-state index is 0.393. The van der Waals surface area contributed by atoms with Gasteiger partial charge in [-0.25, -0.2) is 4.98 Å². The fraction of sp³-hybridized carbons (Fsp3) is 0.250. The molecule has 5 heteroatoms. The number of aliphatic hydroxyl groups excluding tert-OH is 1. The van der Waals surface area contributed by atoms with Crippen LogP contribution in [0.2, 0.25) is 10.0 Å². The van der Waals surface area contributed by atoms with Crippen LogP contribution in [-0.2, 0) is 13.5 Å². The van der Waals surface area contributed by atoms with E-state index in [0.29, 0.717) is 22.3 Å². The van der Waals surface area contributed by atoms with Gasteiger partial charge in [0, 0.05) is 25.9 Å². The van der Waals surface area contributed by atoms with Crippen LogP contribution >= 0.6 is 23.2 Å². The van der Waals surface area contributed by atoms with E-state index in [2.05, 4.69) is 4.98 Å². The first kappa shape index (κ1) is 12.4. The quantitative estimate of drug-likeness (QED) is 0.931. The zero-order chi connectivity index (χ0) is 12.4. The summed E-state index contributed by atoms with van der Waals surface area (Å²) in [5, 5.41) is 11.1. The van der Waals surface area contributed by atoms with Crippen molar-refractivity contribution >= 4 is 23.2 Å². The van der Waals surface area contributed by atoms with Gasteiger partial charge in [0.25, 0.3) is 0 Å². The molecule has 0 spiro atoms. The van der Waals surface area contributed by atoms with Crippen molar-refractivity contribution in [3.8, 4) is 0 Å². The first-order valence-electron chi connectivity index (χ1n) is 5.17. The third kappa shape index (κ3) is 2.63. The second kappa shape index (κ2) is 5.08. The van der Waals surface area contributed by atoms with Crippen LogP contribution in [0.25, 0.3) is 0 Å². The lowest BCUT2D eigenvalue weighted by Gasteiger charge is -2.12. The van der Waals surface area contributed by atoms with Gasteiger partial charge < -0.3 is 9.67 Å². The summed E-state index contributed by atoms with van der Waals surface area (Å²) < 4.78 is 1.78. The molecule has 2 rings (SSSR count). The van der Waals surface area contributed by atoms with Crippen LogP contribution in [0.1, 0.15) is 17.5 Å². The Morgan fingerprint density at radius 2 is 2.18 bits per heavy atom. The second-order valence-corrected chi connectivity index (χ2v) is 4.61. The zero-order valence-corrected chi connectivity index (χ0v) is 10.8. The fourth-order valence-corrected chi connectivity index (χ4v) is 2.10. The van der Waals surface area contributed by atoms with Crippen LogP contribution in [0.5, 0.6) is 0 Å². The summed E-state index contributed by atoms with van der Waals surface area (Å²) in [6, 6.07) is 5.38. The van der Waals surface area contributed by atoms with Crippen LogP contribution in [0.3, 0.4) is 0 Å². The van der Waals surface area contributed by atoms with Crippen molar-refractivity contribution in [2.45, 2.75) is 12.5 Å². The van der Waals surface area contributed by atoms with Crippen molar-refractivity contribution in [3.63, 3.8) is 0 Å². The molecule has 0 saturated carbocycles. The first-order valence-corrected chi connectivity index (χ1v) is 5.93. The van der Waals surface area contributed by atoms with Crippen LogP contribution < -0.4 is 0 Å². The van der Waals surface area contributed by atoms with Gasteiger partial charge in [-0.3, -0.25) is 0 Å². The molecule has 1 unspecified atom stereocenters. The number of hydrogen-bond acceptors (Lipinski definition) is 2. The van der Waals surface area contributed by atoms with Gasteiger partial charge in [0.15, 0.2) is 0 Å². The Morgan fingerprint density at radius 3 is 2.82 bits per heavy atom. The Balaban J connectivity index is 2.22. The molecule has 1 aromatic carbocycles. The number of halogens is 2. The molecule has 0 aliphatic heterocycles. The van der Waals surface area contributed by atoms with Crippen LogP contribution in [0, 0.1) is 0 Å². The van der Waals surface area contributed by atoms with E-state index in [1.165, 1.54) is 0 Å². The minimum Gasteiger partial charge on any atom is -0.385 e. The lowest BCUT2D eigenvalue weighted by molar-refractivity contribution is 0.165. The highest BCUT2D eigenvalue weighted by atomic mass is 35.5. The topological polar surface area (TPSA) is 38.0 Å². The summed E-state index contributed by atoms with van der Waals surface area (Å²) in [4.78, 5) is 4.10. The summed E-state index contributed by atoms with van der Waals surface area (Å²) in [7, 11) is 1.84. The maximum atomic E-state index is 10.1. The van der Waals surface area contributed by atoms with Gasteiger partial charge in [-0.2, -0.15) is 0 Å². The molecule has 2 aromatic rings. The van der Waals surface area contributed by atoms with E-state index in [4.69, 9.17) is 23.2 Å². The summed E-state index contributed by atoms with van der Waals surface area (Å²) in [5.41, 5.74) is 0.815. The largest absolute Gasteiger partial charge is 0.385 e. The molecule has 3 nitrogen and oxygen atoms in total. The van der Waals surface area contributed by atoms with E-state index in [-0.39, 0.29) is 0 Å². The number of aryl methyl sites for hydroxylation is 1. The Hall–Kier alpha value is -1.03. The molecule has 1 heterocycles. The van der Waals surface area contributed by atoms with Crippen molar-refractivity contribution in [2.24, 2.45) is 7.05 Å². The van der Waals surface area contributed by atoms with Crippen molar-refractivity contribution in [1.29, 1.82) is 0 Å². The summed E-state index contributed by atoms with van der Waals surface area (Å²) in [6.07, 6.45) is 3.14.